The van der Waals surface area contributed by atoms with Crippen molar-refractivity contribution in [3.63, 3.8) is 0 Å². The van der Waals surface area contributed by atoms with E-state index in [9.17, 15) is 9.59 Å². The van der Waals surface area contributed by atoms with Crippen molar-refractivity contribution in [1.82, 2.24) is 5.32 Å². The van der Waals surface area contributed by atoms with Gasteiger partial charge < -0.3 is 11.5 Å². The smallest absolute Gasteiger partial charge is 0.320 e. The van der Waals surface area contributed by atoms with Crippen LogP contribution >= 0.6 is 0 Å². The van der Waals surface area contributed by atoms with E-state index in [1.807, 2.05) is 0 Å². The van der Waals surface area contributed by atoms with Crippen LogP contribution in [-0.4, -0.2) is 12.1 Å². The minimum atomic E-state index is -0.938. The molecule has 116 valence electrons. The summed E-state index contributed by atoms with van der Waals surface area (Å²) in [5.41, 5.74) is 8.88. The molecule has 5 nitrogen and oxygen atoms in total. The van der Waals surface area contributed by atoms with Gasteiger partial charge in [0, 0.05) is 0 Å². The summed E-state index contributed by atoms with van der Waals surface area (Å²) in [6.45, 7) is 0. The van der Waals surface area contributed by atoms with Crippen LogP contribution in [0.5, 0.6) is 0 Å². The molecule has 0 radical (unpaired) electrons. The van der Waals surface area contributed by atoms with E-state index >= 15 is 0 Å². The minimum absolute atomic E-state index is 0.937. The normalized spacial score (nSPS) is 20.6. The monoisotopic (exact) mass is 283 g/mol. The molecule has 2 aliphatic carbocycles. The van der Waals surface area contributed by atoms with Crippen LogP contribution in [0.2, 0.25) is 0 Å². The molecule has 0 unspecified atom stereocenters. The zero-order valence-corrected chi connectivity index (χ0v) is 12.4. The van der Waals surface area contributed by atoms with Crippen molar-refractivity contribution >= 4 is 12.1 Å². The van der Waals surface area contributed by atoms with Crippen LogP contribution in [0.4, 0.5) is 9.59 Å². The minimum Gasteiger partial charge on any atom is -0.351 e. The second-order valence-corrected chi connectivity index (χ2v) is 6.10. The summed E-state index contributed by atoms with van der Waals surface area (Å²) in [5.74, 6) is 2.24. The predicted molar refractivity (Wildman–Crippen MR) is 80.1 cm³/mol. The molecule has 0 aromatic heterocycles. The molecule has 0 bridgehead atoms. The fourth-order valence-corrected chi connectivity index (χ4v) is 3.44. The van der Waals surface area contributed by atoms with E-state index < -0.39 is 12.1 Å². The van der Waals surface area contributed by atoms with Gasteiger partial charge in [0.2, 0.25) is 0 Å². The van der Waals surface area contributed by atoms with Gasteiger partial charge >= 0.3 is 12.1 Å². The molecular formula is C15H29N3O2. The Morgan fingerprint density at radius 1 is 0.750 bits per heavy atom. The van der Waals surface area contributed by atoms with E-state index in [1.165, 1.54) is 38.5 Å². The summed E-state index contributed by atoms with van der Waals surface area (Å²) in [7, 11) is 0. The summed E-state index contributed by atoms with van der Waals surface area (Å²) >= 11 is 0. The van der Waals surface area contributed by atoms with Crippen molar-refractivity contribution in [2.24, 2.45) is 23.3 Å². The summed E-state index contributed by atoms with van der Waals surface area (Å²) in [6.07, 6.45) is 16.9. The lowest BCUT2D eigenvalue weighted by Crippen LogP contribution is -2.38. The Morgan fingerprint density at radius 3 is 1.35 bits per heavy atom. The summed E-state index contributed by atoms with van der Waals surface area (Å²) in [4.78, 5) is 19.2. The number of nitrogens with two attached hydrogens (primary N) is 2. The van der Waals surface area contributed by atoms with Gasteiger partial charge in [0.25, 0.3) is 0 Å². The first-order chi connectivity index (χ1) is 9.58. The lowest BCUT2D eigenvalue weighted by Gasteiger charge is -2.28. The van der Waals surface area contributed by atoms with Gasteiger partial charge in [-0.3, -0.25) is 5.32 Å². The summed E-state index contributed by atoms with van der Waals surface area (Å²) in [6, 6.07) is -1.88. The average Bonchev–Trinajstić information content (AvgIpc) is 2.40. The van der Waals surface area contributed by atoms with Crippen molar-refractivity contribution in [3.05, 3.63) is 0 Å². The Hall–Kier alpha value is -1.26. The second kappa shape index (κ2) is 9.61. The second-order valence-electron chi connectivity index (χ2n) is 6.10. The number of amides is 4. The van der Waals surface area contributed by atoms with Gasteiger partial charge in [0.15, 0.2) is 0 Å². The number of primary amides is 2. The van der Waals surface area contributed by atoms with Gasteiger partial charge in [0.05, 0.1) is 0 Å². The summed E-state index contributed by atoms with van der Waals surface area (Å²) < 4.78 is 0. The molecule has 0 heterocycles. The van der Waals surface area contributed by atoms with Crippen LogP contribution in [0.15, 0.2) is 0 Å². The van der Waals surface area contributed by atoms with Crippen LogP contribution in [0, 0.1) is 11.8 Å². The molecule has 0 aromatic rings. The van der Waals surface area contributed by atoms with E-state index in [1.54, 1.807) is 37.4 Å². The maximum absolute atomic E-state index is 9.62. The highest BCUT2D eigenvalue weighted by atomic mass is 16.2. The third kappa shape index (κ3) is 8.02. The summed E-state index contributed by atoms with van der Waals surface area (Å²) in [5, 5.41) is 1.58. The molecule has 5 heteroatoms. The van der Waals surface area contributed by atoms with Gasteiger partial charge in [-0.25, -0.2) is 9.59 Å². The zero-order chi connectivity index (χ0) is 14.8. The molecule has 2 rings (SSSR count). The van der Waals surface area contributed by atoms with E-state index in [-0.39, 0.29) is 0 Å². The lowest BCUT2D eigenvalue weighted by atomic mass is 9.78. The van der Waals surface area contributed by atoms with Gasteiger partial charge in [-0.15, -0.1) is 0 Å². The largest absolute Gasteiger partial charge is 0.351 e. The topological polar surface area (TPSA) is 98.2 Å². The van der Waals surface area contributed by atoms with E-state index in [2.05, 4.69) is 11.5 Å². The molecule has 0 aromatic carbocycles. The molecule has 5 N–H and O–H groups in total. The molecule has 0 atom stereocenters. The maximum atomic E-state index is 9.62. The zero-order valence-electron chi connectivity index (χ0n) is 12.4. The fraction of sp³-hybridized carbons (Fsp3) is 0.867. The third-order valence-electron chi connectivity index (χ3n) is 4.36. The molecule has 20 heavy (non-hydrogen) atoms. The highest BCUT2D eigenvalue weighted by molar-refractivity contribution is 5.91. The third-order valence-corrected chi connectivity index (χ3v) is 4.36. The first-order valence-corrected chi connectivity index (χ1v) is 7.94. The number of hydrogen-bond acceptors (Lipinski definition) is 2. The number of nitrogens with one attached hydrogen (secondary N) is 1. The molecule has 4 amide bonds. The van der Waals surface area contributed by atoms with Crippen molar-refractivity contribution in [2.45, 2.75) is 70.6 Å². The van der Waals surface area contributed by atoms with Gasteiger partial charge in [-0.2, -0.15) is 0 Å². The Kier molecular flexibility index (Phi) is 8.07. The number of urea groups is 2. The van der Waals surface area contributed by atoms with Crippen LogP contribution in [0.25, 0.3) is 0 Å². The van der Waals surface area contributed by atoms with E-state index in [0.29, 0.717) is 0 Å². The highest BCUT2D eigenvalue weighted by Gasteiger charge is 2.20. The van der Waals surface area contributed by atoms with Crippen LogP contribution in [0.1, 0.15) is 70.6 Å². The molecule has 0 saturated heterocycles. The predicted octanol–water partition coefficient (Wildman–Crippen LogP) is 3.27. The number of carbonyl (C=O) groups is 2. The molecule has 2 fully saturated rings. The van der Waals surface area contributed by atoms with E-state index in [0.717, 1.165) is 11.8 Å². The van der Waals surface area contributed by atoms with Crippen LogP contribution in [0.3, 0.4) is 0 Å². The standard InChI is InChI=1S/C13H24.C2H5N3O2/c1-3-7-12(8-4-1)11-13-9-5-2-6-10-13;3-1(6)5-2(4)7/h12-13H,1-11H2;(H5,3,4,5,6,7). The molecule has 0 spiro atoms. The Balaban J connectivity index is 0.000000246. The van der Waals surface area contributed by atoms with Crippen molar-refractivity contribution in [1.29, 1.82) is 0 Å². The van der Waals surface area contributed by atoms with Gasteiger partial charge in [0.1, 0.15) is 0 Å². The van der Waals surface area contributed by atoms with Gasteiger partial charge in [-0.05, 0) is 18.3 Å². The molecular weight excluding hydrogens is 254 g/mol. The average molecular weight is 283 g/mol. The first kappa shape index (κ1) is 16.8. The first-order valence-electron chi connectivity index (χ1n) is 7.94. The van der Waals surface area contributed by atoms with Crippen molar-refractivity contribution < 1.29 is 9.59 Å². The number of carbonyl (C=O) groups excluding carboxylic acids is 2. The quantitative estimate of drug-likeness (QED) is 0.724. The Bertz CT molecular complexity index is 267. The van der Waals surface area contributed by atoms with Gasteiger partial charge in [-0.1, -0.05) is 64.2 Å². The number of rotatable bonds is 2. The SMILES string of the molecule is C1CCC(CC2CCCCC2)CC1.NC(=O)NC(N)=O. The maximum Gasteiger partial charge on any atom is 0.320 e. The van der Waals surface area contributed by atoms with E-state index in [4.69, 9.17) is 0 Å². The Labute approximate surface area is 121 Å². The Morgan fingerprint density at radius 2 is 1.10 bits per heavy atom. The number of hydrogen-bond donors (Lipinski definition) is 3. The van der Waals surface area contributed by atoms with Crippen LogP contribution < -0.4 is 16.8 Å². The fourth-order valence-electron chi connectivity index (χ4n) is 3.44. The molecule has 2 saturated carbocycles. The lowest BCUT2D eigenvalue weighted by molar-refractivity contribution is 0.236. The van der Waals surface area contributed by atoms with Crippen molar-refractivity contribution in [2.75, 3.05) is 0 Å². The highest BCUT2D eigenvalue weighted by Crippen LogP contribution is 2.34. The van der Waals surface area contributed by atoms with Crippen LogP contribution in [-0.2, 0) is 0 Å². The molecule has 0 aliphatic heterocycles. The molecule has 2 aliphatic rings. The van der Waals surface area contributed by atoms with Crippen molar-refractivity contribution in [3.8, 4) is 0 Å². The number of imide groups is 1.